The molecule has 4 saturated carbocycles. The Morgan fingerprint density at radius 1 is 1.00 bits per heavy atom. The molecule has 1 aliphatic heterocycles. The Kier molecular flexibility index (Phi) is 5.76. The van der Waals surface area contributed by atoms with Crippen molar-refractivity contribution in [3.8, 4) is 0 Å². The van der Waals surface area contributed by atoms with Crippen LogP contribution in [0.5, 0.6) is 0 Å². The fraction of sp³-hybridized carbons (Fsp3) is 0.731. The van der Waals surface area contributed by atoms with Crippen LogP contribution in [0.1, 0.15) is 50.1 Å². The van der Waals surface area contributed by atoms with Gasteiger partial charge in [-0.2, -0.15) is 0 Å². The largest absolute Gasteiger partial charge is 0.378 e. The molecule has 1 saturated heterocycles. The first-order valence-electron chi connectivity index (χ1n) is 12.4. The summed E-state index contributed by atoms with van der Waals surface area (Å²) in [5, 5.41) is 3.48. The lowest BCUT2D eigenvalue weighted by Gasteiger charge is -2.55. The highest BCUT2D eigenvalue weighted by Gasteiger charge is 2.54. The summed E-state index contributed by atoms with van der Waals surface area (Å²) in [6, 6.07) is 9.19. The average molecular weight is 425 g/mol. The van der Waals surface area contributed by atoms with Crippen LogP contribution >= 0.6 is 0 Å². The number of anilines is 1. The molecule has 1 N–H and O–H groups in total. The second-order valence-electron chi connectivity index (χ2n) is 11.2. The van der Waals surface area contributed by atoms with Gasteiger partial charge in [-0.1, -0.05) is 12.1 Å². The van der Waals surface area contributed by atoms with Crippen LogP contribution in [0, 0.1) is 23.2 Å². The number of hydrogen-bond donors (Lipinski definition) is 1. The van der Waals surface area contributed by atoms with Crippen molar-refractivity contribution in [1.82, 2.24) is 15.1 Å². The van der Waals surface area contributed by atoms with Gasteiger partial charge < -0.3 is 15.1 Å². The van der Waals surface area contributed by atoms with Crippen LogP contribution in [0.3, 0.4) is 0 Å². The monoisotopic (exact) mass is 424 g/mol. The SMILES string of the molecule is CN1CCN([C@@H](CNC(=O)C23CC4CC(CC(C4)C2)C3)c2ccc(N(C)C)cc2)CC1. The summed E-state index contributed by atoms with van der Waals surface area (Å²) in [4.78, 5) is 20.7. The standard InChI is InChI=1S/C26H40N4O/c1-28(2)23-6-4-22(5-7-23)24(30-10-8-29(3)9-11-30)18-27-25(31)26-15-19-12-20(16-26)14-21(13-19)17-26/h4-7,19-21,24H,8-18H2,1-3H3,(H,27,31)/t19?,20?,21?,24-,26?/m0/s1. The summed E-state index contributed by atoms with van der Waals surface area (Å²) < 4.78 is 0. The van der Waals surface area contributed by atoms with E-state index >= 15 is 0 Å². The molecule has 5 nitrogen and oxygen atoms in total. The molecule has 1 aromatic rings. The molecule has 0 unspecified atom stereocenters. The van der Waals surface area contributed by atoms with Gasteiger partial charge in [0.2, 0.25) is 5.91 Å². The molecule has 4 aliphatic carbocycles. The molecule has 0 radical (unpaired) electrons. The molecule has 5 heteroatoms. The van der Waals surface area contributed by atoms with Crippen LogP contribution in [0.2, 0.25) is 0 Å². The molecule has 1 heterocycles. The number of carbonyl (C=O) groups is 1. The molecule has 1 amide bonds. The Morgan fingerprint density at radius 3 is 2.06 bits per heavy atom. The number of rotatable bonds is 6. The smallest absolute Gasteiger partial charge is 0.226 e. The van der Waals surface area contributed by atoms with Gasteiger partial charge in [0.15, 0.2) is 0 Å². The third-order valence-corrected chi connectivity index (χ3v) is 8.75. The summed E-state index contributed by atoms with van der Waals surface area (Å²) in [5.41, 5.74) is 2.48. The van der Waals surface area contributed by atoms with E-state index in [9.17, 15) is 4.79 Å². The zero-order chi connectivity index (χ0) is 21.6. The van der Waals surface area contributed by atoms with Gasteiger partial charge in [-0.25, -0.2) is 0 Å². The molecule has 1 aromatic carbocycles. The number of nitrogens with zero attached hydrogens (tertiary/aromatic N) is 3. The molecule has 5 aliphatic rings. The quantitative estimate of drug-likeness (QED) is 0.760. The molecular formula is C26H40N4O. The van der Waals surface area contributed by atoms with Crippen molar-refractivity contribution >= 4 is 11.6 Å². The van der Waals surface area contributed by atoms with E-state index in [4.69, 9.17) is 0 Å². The Bertz CT molecular complexity index is 746. The summed E-state index contributed by atoms with van der Waals surface area (Å²) in [6.07, 6.45) is 7.57. The molecule has 5 fully saturated rings. The van der Waals surface area contributed by atoms with Crippen LogP contribution in [-0.4, -0.2) is 69.6 Å². The highest BCUT2D eigenvalue weighted by Crippen LogP contribution is 2.60. The lowest BCUT2D eigenvalue weighted by molar-refractivity contribution is -0.146. The highest BCUT2D eigenvalue weighted by atomic mass is 16.2. The van der Waals surface area contributed by atoms with Gasteiger partial charge in [0.1, 0.15) is 0 Å². The van der Waals surface area contributed by atoms with Crippen LogP contribution in [-0.2, 0) is 4.79 Å². The van der Waals surface area contributed by atoms with E-state index in [1.807, 2.05) is 0 Å². The number of amides is 1. The van der Waals surface area contributed by atoms with Gasteiger partial charge in [0, 0.05) is 57.9 Å². The van der Waals surface area contributed by atoms with Crippen molar-refractivity contribution in [3.63, 3.8) is 0 Å². The molecule has 1 atom stereocenters. The summed E-state index contributed by atoms with van der Waals surface area (Å²) in [5.74, 6) is 2.78. The number of hydrogen-bond acceptors (Lipinski definition) is 4. The Labute approximate surface area is 188 Å². The van der Waals surface area contributed by atoms with Crippen molar-refractivity contribution in [3.05, 3.63) is 29.8 Å². The Balaban J connectivity index is 1.30. The first-order chi connectivity index (χ1) is 14.9. The molecule has 170 valence electrons. The minimum Gasteiger partial charge on any atom is -0.378 e. The van der Waals surface area contributed by atoms with Crippen LogP contribution in [0.25, 0.3) is 0 Å². The number of piperazine rings is 1. The van der Waals surface area contributed by atoms with Crippen LogP contribution < -0.4 is 10.2 Å². The summed E-state index contributed by atoms with van der Waals surface area (Å²) in [6.45, 7) is 5.03. The second-order valence-corrected chi connectivity index (χ2v) is 11.2. The zero-order valence-corrected chi connectivity index (χ0v) is 19.6. The normalized spacial score (nSPS) is 34.0. The topological polar surface area (TPSA) is 38.8 Å². The van der Waals surface area contributed by atoms with E-state index in [0.717, 1.165) is 69.7 Å². The van der Waals surface area contributed by atoms with Crippen molar-refractivity contribution in [1.29, 1.82) is 0 Å². The third kappa shape index (κ3) is 4.23. The van der Waals surface area contributed by atoms with Gasteiger partial charge in [-0.3, -0.25) is 9.69 Å². The van der Waals surface area contributed by atoms with Crippen LogP contribution in [0.4, 0.5) is 5.69 Å². The fourth-order valence-corrected chi connectivity index (χ4v) is 7.35. The third-order valence-electron chi connectivity index (χ3n) is 8.75. The van der Waals surface area contributed by atoms with Gasteiger partial charge in [0.25, 0.3) is 0 Å². The second kappa shape index (κ2) is 8.40. The molecule has 6 rings (SSSR count). The van der Waals surface area contributed by atoms with E-state index < -0.39 is 0 Å². The molecule has 4 bridgehead atoms. The first kappa shape index (κ1) is 21.3. The van der Waals surface area contributed by atoms with Crippen molar-refractivity contribution in [2.24, 2.45) is 23.2 Å². The van der Waals surface area contributed by atoms with E-state index in [1.54, 1.807) is 0 Å². The van der Waals surface area contributed by atoms with Gasteiger partial charge in [-0.15, -0.1) is 0 Å². The number of likely N-dealkylation sites (N-methyl/N-ethyl adjacent to an activating group) is 1. The number of benzene rings is 1. The molecular weight excluding hydrogens is 384 g/mol. The maximum absolute atomic E-state index is 13.6. The minimum absolute atomic E-state index is 0.0593. The predicted octanol–water partition coefficient (Wildman–Crippen LogP) is 3.37. The zero-order valence-electron chi connectivity index (χ0n) is 19.6. The van der Waals surface area contributed by atoms with E-state index in [-0.39, 0.29) is 11.5 Å². The average Bonchev–Trinajstić information content (AvgIpc) is 2.74. The molecule has 0 spiro atoms. The van der Waals surface area contributed by atoms with Gasteiger partial charge in [-0.05, 0) is 81.0 Å². The maximum Gasteiger partial charge on any atom is 0.226 e. The summed E-state index contributed by atoms with van der Waals surface area (Å²) >= 11 is 0. The maximum atomic E-state index is 13.6. The lowest BCUT2D eigenvalue weighted by Crippen LogP contribution is -2.55. The van der Waals surface area contributed by atoms with Crippen molar-refractivity contribution in [2.45, 2.75) is 44.6 Å². The fourth-order valence-electron chi connectivity index (χ4n) is 7.35. The van der Waals surface area contributed by atoms with Gasteiger partial charge in [0.05, 0.1) is 6.04 Å². The highest BCUT2D eigenvalue weighted by molar-refractivity contribution is 5.83. The van der Waals surface area contributed by atoms with Crippen molar-refractivity contribution < 1.29 is 4.79 Å². The summed E-state index contributed by atoms with van der Waals surface area (Å²) in [7, 11) is 6.37. The molecule has 0 aromatic heterocycles. The van der Waals surface area contributed by atoms with Crippen molar-refractivity contribution in [2.75, 3.05) is 58.8 Å². The predicted molar refractivity (Wildman–Crippen MR) is 126 cm³/mol. The molecule has 31 heavy (non-hydrogen) atoms. The number of carbonyl (C=O) groups excluding carboxylic acids is 1. The van der Waals surface area contributed by atoms with Gasteiger partial charge >= 0.3 is 0 Å². The Hall–Kier alpha value is -1.59. The van der Waals surface area contributed by atoms with E-state index in [1.165, 1.54) is 30.5 Å². The van der Waals surface area contributed by atoms with E-state index in [0.29, 0.717) is 5.91 Å². The first-order valence-corrected chi connectivity index (χ1v) is 12.4. The number of nitrogens with one attached hydrogen (secondary N) is 1. The van der Waals surface area contributed by atoms with Crippen LogP contribution in [0.15, 0.2) is 24.3 Å². The van der Waals surface area contributed by atoms with E-state index in [2.05, 4.69) is 65.4 Å². The lowest BCUT2D eigenvalue weighted by atomic mass is 9.49. The minimum atomic E-state index is -0.0593. The Morgan fingerprint density at radius 2 is 1.55 bits per heavy atom.